The van der Waals surface area contributed by atoms with E-state index in [-0.39, 0.29) is 0 Å². The van der Waals surface area contributed by atoms with Gasteiger partial charge in [-0.2, -0.15) is 0 Å². The molecule has 0 aromatic heterocycles. The van der Waals surface area contributed by atoms with Crippen molar-refractivity contribution in [2.24, 2.45) is 0 Å². The molecule has 0 bridgehead atoms. The van der Waals surface area contributed by atoms with Gasteiger partial charge in [0, 0.05) is 11.6 Å². The lowest BCUT2D eigenvalue weighted by Crippen LogP contribution is -2.51. The topological polar surface area (TPSA) is 24.5 Å². The molecule has 1 N–H and O–H groups in total. The van der Waals surface area contributed by atoms with E-state index >= 15 is 0 Å². The molecule has 3 rings (SSSR count). The Morgan fingerprint density at radius 3 is 2.75 bits per heavy atom. The molecule has 0 spiro atoms. The van der Waals surface area contributed by atoms with Crippen LogP contribution in [-0.2, 0) is 0 Å². The zero-order chi connectivity index (χ0) is 13.9. The summed E-state index contributed by atoms with van der Waals surface area (Å²) < 4.78 is 6.03. The van der Waals surface area contributed by atoms with Crippen molar-refractivity contribution in [1.29, 1.82) is 0 Å². The molecule has 1 aliphatic carbocycles. The lowest BCUT2D eigenvalue weighted by Gasteiger charge is -2.41. The molecule has 0 radical (unpaired) electrons. The van der Waals surface area contributed by atoms with Crippen molar-refractivity contribution in [3.8, 4) is 5.75 Å². The number of benzene rings is 1. The minimum atomic E-state index is 0.403. The average molecular weight is 274 g/mol. The maximum Gasteiger partial charge on any atom is 0.124 e. The van der Waals surface area contributed by atoms with Gasteiger partial charge in [0.1, 0.15) is 12.4 Å². The Morgan fingerprint density at radius 1 is 1.25 bits per heavy atom. The fourth-order valence-corrected chi connectivity index (χ4v) is 3.35. The van der Waals surface area contributed by atoms with Crippen LogP contribution in [0.15, 0.2) is 24.3 Å². The number of para-hydroxylation sites is 1. The van der Waals surface area contributed by atoms with Gasteiger partial charge in [0.15, 0.2) is 0 Å². The van der Waals surface area contributed by atoms with Crippen LogP contribution in [0.25, 0.3) is 0 Å². The number of nitrogens with one attached hydrogen (secondary N) is 1. The van der Waals surface area contributed by atoms with Crippen LogP contribution in [-0.4, -0.2) is 36.7 Å². The summed E-state index contributed by atoms with van der Waals surface area (Å²) in [6.07, 6.45) is 3.88. The number of hydrogen-bond donors (Lipinski definition) is 1. The molecular formula is C17H26N2O. The van der Waals surface area contributed by atoms with Crippen LogP contribution in [0.1, 0.15) is 44.7 Å². The van der Waals surface area contributed by atoms with E-state index < -0.39 is 0 Å². The lowest BCUT2D eigenvalue weighted by molar-refractivity contribution is 0.0835. The monoisotopic (exact) mass is 274 g/mol. The third kappa shape index (κ3) is 2.70. The molecule has 0 saturated heterocycles. The highest BCUT2D eigenvalue weighted by Gasteiger charge is 2.40. The summed E-state index contributed by atoms with van der Waals surface area (Å²) in [6.45, 7) is 7.49. The Bertz CT molecular complexity index is 444. The summed E-state index contributed by atoms with van der Waals surface area (Å²) in [5.41, 5.74) is 1.33. The second-order valence-corrected chi connectivity index (χ2v) is 5.91. The van der Waals surface area contributed by atoms with Gasteiger partial charge in [-0.05, 0) is 38.4 Å². The van der Waals surface area contributed by atoms with Crippen molar-refractivity contribution in [3.05, 3.63) is 29.8 Å². The first-order valence-electron chi connectivity index (χ1n) is 8.06. The van der Waals surface area contributed by atoms with Gasteiger partial charge in [0.25, 0.3) is 0 Å². The van der Waals surface area contributed by atoms with Crippen LogP contribution in [0.4, 0.5) is 0 Å². The van der Waals surface area contributed by atoms with E-state index in [1.807, 2.05) is 0 Å². The third-order valence-corrected chi connectivity index (χ3v) is 4.47. The van der Waals surface area contributed by atoms with E-state index in [1.165, 1.54) is 24.8 Å². The Hall–Kier alpha value is -1.06. The number of nitrogens with zero attached hydrogens (tertiary/aromatic N) is 1. The number of fused-ring (bicyclic) bond motifs is 1. The molecule has 20 heavy (non-hydrogen) atoms. The molecule has 2 aliphatic rings. The van der Waals surface area contributed by atoms with Gasteiger partial charge >= 0.3 is 0 Å². The lowest BCUT2D eigenvalue weighted by atomic mass is 9.94. The number of ether oxygens (including phenoxy) is 1. The summed E-state index contributed by atoms with van der Waals surface area (Å²) >= 11 is 0. The number of rotatable bonds is 6. The fraction of sp³-hybridized carbons (Fsp3) is 0.647. The van der Waals surface area contributed by atoms with Gasteiger partial charge < -0.3 is 10.1 Å². The molecule has 1 fully saturated rings. The zero-order valence-corrected chi connectivity index (χ0v) is 12.6. The highest BCUT2D eigenvalue weighted by molar-refractivity contribution is 5.39. The Morgan fingerprint density at radius 2 is 2.05 bits per heavy atom. The van der Waals surface area contributed by atoms with Crippen LogP contribution in [0, 0.1) is 0 Å². The van der Waals surface area contributed by atoms with Crippen LogP contribution in [0.5, 0.6) is 5.75 Å². The first-order valence-corrected chi connectivity index (χ1v) is 8.06. The standard InChI is InChI=1S/C17H26N2O/c1-3-11-18-17-14-7-5-6-8-16(14)20-12-15(17)19(4-2)13-9-10-13/h5-8,13,15,17-18H,3-4,9-12H2,1-2H3. The SMILES string of the molecule is CCCNC1c2ccccc2OCC1N(CC)C1CC1. The molecule has 3 heteroatoms. The minimum absolute atomic E-state index is 0.403. The molecule has 3 nitrogen and oxygen atoms in total. The summed E-state index contributed by atoms with van der Waals surface area (Å²) in [4.78, 5) is 2.64. The molecule has 1 heterocycles. The van der Waals surface area contributed by atoms with E-state index in [0.717, 1.165) is 31.5 Å². The molecule has 1 aromatic carbocycles. The van der Waals surface area contributed by atoms with Crippen molar-refractivity contribution in [2.75, 3.05) is 19.7 Å². The maximum absolute atomic E-state index is 6.03. The maximum atomic E-state index is 6.03. The predicted octanol–water partition coefficient (Wildman–Crippen LogP) is 2.97. The fourth-order valence-electron chi connectivity index (χ4n) is 3.35. The molecule has 2 atom stereocenters. The van der Waals surface area contributed by atoms with E-state index in [2.05, 4.69) is 48.3 Å². The van der Waals surface area contributed by atoms with Crippen LogP contribution in [0.3, 0.4) is 0 Å². The zero-order valence-electron chi connectivity index (χ0n) is 12.6. The summed E-state index contributed by atoms with van der Waals surface area (Å²) in [5, 5.41) is 3.75. The molecule has 1 saturated carbocycles. The molecule has 0 amide bonds. The highest BCUT2D eigenvalue weighted by atomic mass is 16.5. The van der Waals surface area contributed by atoms with Crippen molar-refractivity contribution in [2.45, 2.75) is 51.2 Å². The second kappa shape index (κ2) is 6.15. The summed E-state index contributed by atoms with van der Waals surface area (Å²) in [7, 11) is 0. The Labute approximate surface area is 122 Å². The van der Waals surface area contributed by atoms with Crippen LogP contribution in [0.2, 0.25) is 0 Å². The van der Waals surface area contributed by atoms with Crippen molar-refractivity contribution >= 4 is 0 Å². The van der Waals surface area contributed by atoms with Gasteiger partial charge in [-0.1, -0.05) is 32.0 Å². The van der Waals surface area contributed by atoms with Crippen LogP contribution >= 0.6 is 0 Å². The van der Waals surface area contributed by atoms with Gasteiger partial charge in [-0.3, -0.25) is 4.90 Å². The first kappa shape index (κ1) is 13.9. The Balaban J connectivity index is 1.85. The van der Waals surface area contributed by atoms with E-state index in [4.69, 9.17) is 4.74 Å². The van der Waals surface area contributed by atoms with E-state index in [0.29, 0.717) is 12.1 Å². The number of hydrogen-bond acceptors (Lipinski definition) is 3. The Kier molecular flexibility index (Phi) is 4.27. The smallest absolute Gasteiger partial charge is 0.124 e. The van der Waals surface area contributed by atoms with Crippen LogP contribution < -0.4 is 10.1 Å². The molecule has 1 aliphatic heterocycles. The molecule has 110 valence electrons. The van der Waals surface area contributed by atoms with Crippen molar-refractivity contribution in [1.82, 2.24) is 10.2 Å². The second-order valence-electron chi connectivity index (χ2n) is 5.91. The highest BCUT2D eigenvalue weighted by Crippen LogP contribution is 2.38. The molecule has 2 unspecified atom stereocenters. The number of likely N-dealkylation sites (N-methyl/N-ethyl adjacent to an activating group) is 1. The van der Waals surface area contributed by atoms with Gasteiger partial charge in [-0.15, -0.1) is 0 Å². The van der Waals surface area contributed by atoms with Crippen molar-refractivity contribution in [3.63, 3.8) is 0 Å². The predicted molar refractivity (Wildman–Crippen MR) is 82.2 cm³/mol. The van der Waals surface area contributed by atoms with E-state index in [9.17, 15) is 0 Å². The van der Waals surface area contributed by atoms with Crippen molar-refractivity contribution < 1.29 is 4.74 Å². The largest absolute Gasteiger partial charge is 0.492 e. The third-order valence-electron chi connectivity index (χ3n) is 4.47. The van der Waals surface area contributed by atoms with Gasteiger partial charge in [0.2, 0.25) is 0 Å². The molecule has 1 aromatic rings. The van der Waals surface area contributed by atoms with E-state index in [1.54, 1.807) is 0 Å². The minimum Gasteiger partial charge on any atom is -0.492 e. The van der Waals surface area contributed by atoms with Gasteiger partial charge in [-0.25, -0.2) is 0 Å². The summed E-state index contributed by atoms with van der Waals surface area (Å²) in [5.74, 6) is 1.06. The molecular weight excluding hydrogens is 248 g/mol. The normalized spacial score (nSPS) is 25.4. The average Bonchev–Trinajstić information content (AvgIpc) is 3.31. The van der Waals surface area contributed by atoms with Gasteiger partial charge in [0.05, 0.1) is 12.1 Å². The first-order chi connectivity index (χ1) is 9.85. The quantitative estimate of drug-likeness (QED) is 0.863. The summed E-state index contributed by atoms with van der Waals surface area (Å²) in [6, 6.07) is 10.2.